The zero-order chi connectivity index (χ0) is 11.9. The Kier molecular flexibility index (Phi) is 5.86. The van der Waals surface area contributed by atoms with E-state index in [0.29, 0.717) is 0 Å². The topological polar surface area (TPSA) is 29.1 Å². The van der Waals surface area contributed by atoms with E-state index in [1.807, 2.05) is 0 Å². The summed E-state index contributed by atoms with van der Waals surface area (Å²) in [5.41, 5.74) is 0.136. The molecule has 0 aromatic carbocycles. The minimum Gasteiger partial charge on any atom is -0.351 e. The van der Waals surface area contributed by atoms with Crippen LogP contribution in [0.5, 0.6) is 0 Å². The highest BCUT2D eigenvalue weighted by atomic mass is 16.1. The van der Waals surface area contributed by atoms with Crippen molar-refractivity contribution < 1.29 is 4.79 Å². The van der Waals surface area contributed by atoms with Crippen LogP contribution in [-0.2, 0) is 4.79 Å². The molecule has 0 spiro atoms. The number of rotatable bonds is 5. The zero-order valence-corrected chi connectivity index (χ0v) is 11.0. The van der Waals surface area contributed by atoms with Gasteiger partial charge in [0.1, 0.15) is 0 Å². The second kappa shape index (κ2) is 6.93. The first-order valence-electron chi connectivity index (χ1n) is 6.97. The SMILES string of the molecule is CCCCCC1(NC(C)=O)CCCCCC1. The van der Waals surface area contributed by atoms with Gasteiger partial charge in [-0.3, -0.25) is 4.79 Å². The number of hydrogen-bond acceptors (Lipinski definition) is 1. The summed E-state index contributed by atoms with van der Waals surface area (Å²) in [5.74, 6) is 0.151. The summed E-state index contributed by atoms with van der Waals surface area (Å²) in [4.78, 5) is 11.4. The van der Waals surface area contributed by atoms with E-state index in [1.165, 1.54) is 64.2 Å². The molecule has 0 aliphatic heterocycles. The molecule has 1 fully saturated rings. The predicted molar refractivity (Wildman–Crippen MR) is 68.4 cm³/mol. The smallest absolute Gasteiger partial charge is 0.217 e. The summed E-state index contributed by atoms with van der Waals surface area (Å²) in [6, 6.07) is 0. The molecule has 0 unspecified atom stereocenters. The summed E-state index contributed by atoms with van der Waals surface area (Å²) in [6.07, 6.45) is 12.6. The molecule has 0 aromatic heterocycles. The Bertz CT molecular complexity index is 205. The summed E-state index contributed by atoms with van der Waals surface area (Å²) in [7, 11) is 0. The lowest BCUT2D eigenvalue weighted by Crippen LogP contribution is -2.47. The minimum atomic E-state index is 0.136. The molecule has 0 heterocycles. The van der Waals surface area contributed by atoms with Gasteiger partial charge in [-0.15, -0.1) is 0 Å². The van der Waals surface area contributed by atoms with Crippen LogP contribution in [0.25, 0.3) is 0 Å². The largest absolute Gasteiger partial charge is 0.351 e. The average molecular weight is 225 g/mol. The third-order valence-electron chi connectivity index (χ3n) is 3.76. The first-order chi connectivity index (χ1) is 7.68. The third kappa shape index (κ3) is 4.54. The Morgan fingerprint density at radius 2 is 1.75 bits per heavy atom. The number of nitrogens with one attached hydrogen (secondary N) is 1. The molecular weight excluding hydrogens is 198 g/mol. The number of unbranched alkanes of at least 4 members (excludes halogenated alkanes) is 2. The number of amides is 1. The highest BCUT2D eigenvalue weighted by Gasteiger charge is 2.30. The lowest BCUT2D eigenvalue weighted by Gasteiger charge is -2.34. The van der Waals surface area contributed by atoms with Crippen molar-refractivity contribution in [2.75, 3.05) is 0 Å². The van der Waals surface area contributed by atoms with Gasteiger partial charge in [0, 0.05) is 12.5 Å². The molecule has 2 heteroatoms. The Morgan fingerprint density at radius 1 is 1.12 bits per heavy atom. The van der Waals surface area contributed by atoms with E-state index in [4.69, 9.17) is 0 Å². The molecule has 0 saturated heterocycles. The van der Waals surface area contributed by atoms with E-state index in [0.717, 1.165) is 0 Å². The average Bonchev–Trinajstić information content (AvgIpc) is 2.44. The van der Waals surface area contributed by atoms with Crippen molar-refractivity contribution in [3.8, 4) is 0 Å². The van der Waals surface area contributed by atoms with Crippen LogP contribution < -0.4 is 5.32 Å². The second-order valence-electron chi connectivity index (χ2n) is 5.33. The lowest BCUT2D eigenvalue weighted by atomic mass is 9.84. The maximum absolute atomic E-state index is 11.4. The fourth-order valence-corrected chi connectivity index (χ4v) is 2.93. The number of carbonyl (C=O) groups excluding carboxylic acids is 1. The van der Waals surface area contributed by atoms with E-state index in [-0.39, 0.29) is 11.4 Å². The molecule has 0 bridgehead atoms. The van der Waals surface area contributed by atoms with E-state index < -0.39 is 0 Å². The van der Waals surface area contributed by atoms with Gasteiger partial charge >= 0.3 is 0 Å². The molecule has 1 aliphatic carbocycles. The fourth-order valence-electron chi connectivity index (χ4n) is 2.93. The quantitative estimate of drug-likeness (QED) is 0.559. The molecule has 16 heavy (non-hydrogen) atoms. The van der Waals surface area contributed by atoms with Crippen LogP contribution in [0.4, 0.5) is 0 Å². The summed E-state index contributed by atoms with van der Waals surface area (Å²) >= 11 is 0. The van der Waals surface area contributed by atoms with E-state index in [9.17, 15) is 4.79 Å². The zero-order valence-electron chi connectivity index (χ0n) is 11.0. The lowest BCUT2D eigenvalue weighted by molar-refractivity contribution is -0.121. The normalized spacial score (nSPS) is 20.1. The number of hydrogen-bond donors (Lipinski definition) is 1. The van der Waals surface area contributed by atoms with Crippen LogP contribution in [0.1, 0.15) is 78.1 Å². The third-order valence-corrected chi connectivity index (χ3v) is 3.76. The maximum atomic E-state index is 11.4. The predicted octanol–water partition coefficient (Wildman–Crippen LogP) is 3.80. The van der Waals surface area contributed by atoms with Crippen molar-refractivity contribution in [3.63, 3.8) is 0 Å². The molecule has 1 amide bonds. The highest BCUT2D eigenvalue weighted by molar-refractivity contribution is 5.73. The van der Waals surface area contributed by atoms with E-state index in [1.54, 1.807) is 6.92 Å². The van der Waals surface area contributed by atoms with Gasteiger partial charge in [-0.2, -0.15) is 0 Å². The number of carbonyl (C=O) groups is 1. The molecule has 1 N–H and O–H groups in total. The second-order valence-corrected chi connectivity index (χ2v) is 5.33. The molecule has 1 aliphatic rings. The molecule has 1 rings (SSSR count). The molecule has 0 radical (unpaired) electrons. The molecule has 94 valence electrons. The fraction of sp³-hybridized carbons (Fsp3) is 0.929. The van der Waals surface area contributed by atoms with Crippen molar-refractivity contribution in [1.29, 1.82) is 0 Å². The van der Waals surface area contributed by atoms with Crippen molar-refractivity contribution in [3.05, 3.63) is 0 Å². The van der Waals surface area contributed by atoms with Crippen LogP contribution >= 0.6 is 0 Å². The molecular formula is C14H27NO. The van der Waals surface area contributed by atoms with E-state index in [2.05, 4.69) is 12.2 Å². The summed E-state index contributed by atoms with van der Waals surface area (Å²) in [6.45, 7) is 3.89. The van der Waals surface area contributed by atoms with Crippen molar-refractivity contribution in [1.82, 2.24) is 5.32 Å². The Labute approximate surface area is 100 Å². The van der Waals surface area contributed by atoms with Gasteiger partial charge in [-0.25, -0.2) is 0 Å². The standard InChI is InChI=1S/C14H27NO/c1-3-4-7-10-14(15-13(2)16)11-8-5-6-9-12-14/h3-12H2,1-2H3,(H,15,16). The van der Waals surface area contributed by atoms with Crippen LogP contribution in [0.15, 0.2) is 0 Å². The van der Waals surface area contributed by atoms with E-state index >= 15 is 0 Å². The Hall–Kier alpha value is -0.530. The van der Waals surface area contributed by atoms with Crippen LogP contribution in [0.3, 0.4) is 0 Å². The Morgan fingerprint density at radius 3 is 2.25 bits per heavy atom. The van der Waals surface area contributed by atoms with Crippen molar-refractivity contribution in [2.45, 2.75) is 83.6 Å². The van der Waals surface area contributed by atoms with Crippen molar-refractivity contribution in [2.24, 2.45) is 0 Å². The van der Waals surface area contributed by atoms with Crippen LogP contribution in [0.2, 0.25) is 0 Å². The molecule has 2 nitrogen and oxygen atoms in total. The van der Waals surface area contributed by atoms with Crippen LogP contribution in [0, 0.1) is 0 Å². The first kappa shape index (κ1) is 13.5. The molecule has 1 saturated carbocycles. The summed E-state index contributed by atoms with van der Waals surface area (Å²) < 4.78 is 0. The first-order valence-corrected chi connectivity index (χ1v) is 6.97. The van der Waals surface area contributed by atoms with Gasteiger partial charge < -0.3 is 5.32 Å². The van der Waals surface area contributed by atoms with Gasteiger partial charge in [-0.05, 0) is 19.3 Å². The van der Waals surface area contributed by atoms with Crippen molar-refractivity contribution >= 4 is 5.91 Å². The minimum absolute atomic E-state index is 0.136. The highest BCUT2D eigenvalue weighted by Crippen LogP contribution is 2.31. The molecule has 0 atom stereocenters. The maximum Gasteiger partial charge on any atom is 0.217 e. The van der Waals surface area contributed by atoms with Gasteiger partial charge in [0.25, 0.3) is 0 Å². The van der Waals surface area contributed by atoms with Gasteiger partial charge in [0.2, 0.25) is 5.91 Å². The van der Waals surface area contributed by atoms with Gasteiger partial charge in [0.15, 0.2) is 0 Å². The van der Waals surface area contributed by atoms with Crippen LogP contribution in [-0.4, -0.2) is 11.4 Å². The Balaban J connectivity index is 2.54. The summed E-state index contributed by atoms with van der Waals surface area (Å²) in [5, 5.41) is 3.26. The monoisotopic (exact) mass is 225 g/mol. The van der Waals surface area contributed by atoms with Gasteiger partial charge in [-0.1, -0.05) is 51.9 Å². The van der Waals surface area contributed by atoms with Gasteiger partial charge in [0.05, 0.1) is 0 Å². The molecule has 0 aromatic rings.